The molecule has 0 saturated heterocycles. The van der Waals surface area contributed by atoms with Crippen molar-refractivity contribution >= 4 is 35.3 Å². The summed E-state index contributed by atoms with van der Waals surface area (Å²) in [4.78, 5) is 12.4. The van der Waals surface area contributed by atoms with Crippen LogP contribution in [0.15, 0.2) is 72.4 Å². The number of carbonyl (C=O) groups is 1. The van der Waals surface area contributed by atoms with Crippen LogP contribution in [-0.4, -0.2) is 25.8 Å². The summed E-state index contributed by atoms with van der Waals surface area (Å²) in [6, 6.07) is 14.0. The van der Waals surface area contributed by atoms with E-state index >= 15 is 0 Å². The first-order valence-electron chi connectivity index (χ1n) is 10.0. The second-order valence-electron chi connectivity index (χ2n) is 6.90. The third kappa shape index (κ3) is 6.73. The Morgan fingerprint density at radius 3 is 2.53 bits per heavy atom. The topological polar surface area (TPSA) is 69.2 Å². The Labute approximate surface area is 206 Å². The number of rotatable bonds is 10. The maximum absolute atomic E-state index is 13.3. The lowest BCUT2D eigenvalue weighted by Gasteiger charge is -2.11. The molecule has 176 valence electrons. The van der Waals surface area contributed by atoms with Gasteiger partial charge >= 0.3 is 0 Å². The highest BCUT2D eigenvalue weighted by Crippen LogP contribution is 2.34. The van der Waals surface area contributed by atoms with E-state index in [1.165, 1.54) is 25.5 Å². The third-order valence-corrected chi connectivity index (χ3v) is 5.02. The fraction of sp³-hybridized carbons (Fsp3) is 0.120. The molecule has 0 aliphatic carbocycles. The second-order valence-corrected chi connectivity index (χ2v) is 7.71. The van der Waals surface area contributed by atoms with Gasteiger partial charge in [0.05, 0.1) is 23.4 Å². The van der Waals surface area contributed by atoms with Crippen molar-refractivity contribution in [2.24, 2.45) is 5.10 Å². The fourth-order valence-corrected chi connectivity index (χ4v) is 3.49. The van der Waals surface area contributed by atoms with Gasteiger partial charge in [-0.25, -0.2) is 9.82 Å². The van der Waals surface area contributed by atoms with Crippen molar-refractivity contribution in [3.05, 3.63) is 99.8 Å². The lowest BCUT2D eigenvalue weighted by molar-refractivity contribution is 0.0954. The predicted molar refractivity (Wildman–Crippen MR) is 131 cm³/mol. The molecule has 0 saturated carbocycles. The van der Waals surface area contributed by atoms with Gasteiger partial charge in [0, 0.05) is 5.56 Å². The number of hydrazone groups is 1. The first-order valence-corrected chi connectivity index (χ1v) is 10.8. The van der Waals surface area contributed by atoms with E-state index in [-0.39, 0.29) is 28.2 Å². The van der Waals surface area contributed by atoms with Gasteiger partial charge in [-0.2, -0.15) is 5.10 Å². The minimum Gasteiger partial charge on any atom is -0.493 e. The third-order valence-electron chi connectivity index (χ3n) is 4.46. The average Bonchev–Trinajstić information content (AvgIpc) is 2.82. The summed E-state index contributed by atoms with van der Waals surface area (Å²) in [6.07, 6.45) is 3.00. The van der Waals surface area contributed by atoms with Crippen LogP contribution < -0.4 is 19.6 Å². The lowest BCUT2D eigenvalue weighted by Crippen LogP contribution is -2.17. The summed E-state index contributed by atoms with van der Waals surface area (Å²) < 4.78 is 29.7. The Hall–Kier alpha value is -3.55. The van der Waals surface area contributed by atoms with Gasteiger partial charge in [0.2, 0.25) is 0 Å². The second kappa shape index (κ2) is 12.1. The van der Waals surface area contributed by atoms with Crippen LogP contribution in [0, 0.1) is 5.82 Å². The summed E-state index contributed by atoms with van der Waals surface area (Å²) in [6.45, 7) is 4.00. The molecule has 0 radical (unpaired) electrons. The monoisotopic (exact) mass is 502 g/mol. The van der Waals surface area contributed by atoms with Crippen molar-refractivity contribution in [2.75, 3.05) is 13.7 Å². The molecule has 1 amide bonds. The van der Waals surface area contributed by atoms with Crippen molar-refractivity contribution in [3.63, 3.8) is 0 Å². The van der Waals surface area contributed by atoms with Crippen LogP contribution in [0.2, 0.25) is 10.0 Å². The van der Waals surface area contributed by atoms with Gasteiger partial charge in [0.1, 0.15) is 19.0 Å². The van der Waals surface area contributed by atoms with E-state index < -0.39 is 5.91 Å². The first-order chi connectivity index (χ1) is 16.4. The molecular weight excluding hydrogens is 482 g/mol. The van der Waals surface area contributed by atoms with E-state index in [1.54, 1.807) is 48.5 Å². The van der Waals surface area contributed by atoms with E-state index in [0.29, 0.717) is 34.8 Å². The van der Waals surface area contributed by atoms with Crippen LogP contribution in [0.4, 0.5) is 4.39 Å². The van der Waals surface area contributed by atoms with Gasteiger partial charge in [-0.05, 0) is 53.6 Å². The molecule has 3 aromatic carbocycles. The van der Waals surface area contributed by atoms with Crippen LogP contribution >= 0.6 is 23.2 Å². The zero-order valence-electron chi connectivity index (χ0n) is 18.2. The minimum atomic E-state index is -0.447. The first kappa shape index (κ1) is 25.1. The van der Waals surface area contributed by atoms with Crippen molar-refractivity contribution in [2.45, 2.75) is 6.61 Å². The Kier molecular flexibility index (Phi) is 8.90. The van der Waals surface area contributed by atoms with Crippen molar-refractivity contribution in [3.8, 4) is 17.2 Å². The molecule has 0 unspecified atom stereocenters. The number of benzene rings is 3. The molecule has 6 nitrogen and oxygen atoms in total. The molecule has 1 N–H and O–H groups in total. The molecule has 3 aromatic rings. The Balaban J connectivity index is 1.64. The van der Waals surface area contributed by atoms with Crippen molar-refractivity contribution in [1.29, 1.82) is 0 Å². The minimum absolute atomic E-state index is 0.0988. The smallest absolute Gasteiger partial charge is 0.271 e. The van der Waals surface area contributed by atoms with Crippen LogP contribution in [0.25, 0.3) is 0 Å². The zero-order chi connectivity index (χ0) is 24.5. The maximum atomic E-state index is 13.3. The highest BCUT2D eigenvalue weighted by Gasteiger charge is 2.12. The molecule has 0 aliphatic rings. The number of hydrogen-bond donors (Lipinski definition) is 1. The number of nitrogens with zero attached hydrogens (tertiary/aromatic N) is 1. The average molecular weight is 503 g/mol. The van der Waals surface area contributed by atoms with Gasteiger partial charge in [0.15, 0.2) is 17.2 Å². The SMILES string of the molecule is C=CCOc1ccc(C(=O)N/N=C/c2cc(Cl)c(OCc3cccc(F)c3)c(Cl)c2)cc1OC. The van der Waals surface area contributed by atoms with Gasteiger partial charge < -0.3 is 14.2 Å². The molecule has 0 atom stereocenters. The van der Waals surface area contributed by atoms with E-state index in [1.807, 2.05) is 0 Å². The normalized spacial score (nSPS) is 10.7. The number of ether oxygens (including phenoxy) is 3. The van der Waals surface area contributed by atoms with Crippen LogP contribution in [0.1, 0.15) is 21.5 Å². The van der Waals surface area contributed by atoms with E-state index in [9.17, 15) is 9.18 Å². The van der Waals surface area contributed by atoms with Gasteiger partial charge in [-0.1, -0.05) is 48.0 Å². The highest BCUT2D eigenvalue weighted by molar-refractivity contribution is 6.37. The highest BCUT2D eigenvalue weighted by atomic mass is 35.5. The Morgan fingerprint density at radius 2 is 1.85 bits per heavy atom. The summed E-state index contributed by atoms with van der Waals surface area (Å²) in [5, 5.41) is 4.44. The number of nitrogens with one attached hydrogen (secondary N) is 1. The molecule has 0 heterocycles. The predicted octanol–water partition coefficient (Wildman–Crippen LogP) is 6.05. The van der Waals surface area contributed by atoms with Gasteiger partial charge in [0.25, 0.3) is 5.91 Å². The summed E-state index contributed by atoms with van der Waals surface area (Å²) >= 11 is 12.6. The maximum Gasteiger partial charge on any atom is 0.271 e. The standard InChI is InChI=1S/C25H21Cl2FN2O4/c1-3-9-33-22-8-7-18(13-23(22)32-2)25(31)30-29-14-17-11-20(26)24(21(27)12-17)34-15-16-5-4-6-19(28)10-16/h3-8,10-14H,1,9,15H2,2H3,(H,30,31)/b29-14+. The molecule has 0 aromatic heterocycles. The van der Waals surface area contributed by atoms with E-state index in [0.717, 1.165) is 0 Å². The molecule has 0 bridgehead atoms. The fourth-order valence-electron chi connectivity index (χ4n) is 2.88. The summed E-state index contributed by atoms with van der Waals surface area (Å²) in [5.74, 6) is 0.358. The van der Waals surface area contributed by atoms with Gasteiger partial charge in [-0.15, -0.1) is 0 Å². The quantitative estimate of drug-likeness (QED) is 0.208. The number of amides is 1. The molecule has 34 heavy (non-hydrogen) atoms. The molecule has 0 aliphatic heterocycles. The lowest BCUT2D eigenvalue weighted by atomic mass is 10.2. The molecule has 3 rings (SSSR count). The summed E-state index contributed by atoms with van der Waals surface area (Å²) in [7, 11) is 1.48. The Morgan fingerprint density at radius 1 is 1.09 bits per heavy atom. The number of carbonyl (C=O) groups excluding carboxylic acids is 1. The number of methoxy groups -OCH3 is 1. The number of hydrogen-bond acceptors (Lipinski definition) is 5. The van der Waals surface area contributed by atoms with Gasteiger partial charge in [-0.3, -0.25) is 4.79 Å². The molecular formula is C25H21Cl2FN2O4. The number of halogens is 3. The van der Waals surface area contributed by atoms with Crippen molar-refractivity contribution in [1.82, 2.24) is 5.43 Å². The largest absolute Gasteiger partial charge is 0.493 e. The Bertz CT molecular complexity index is 1190. The van der Waals surface area contributed by atoms with E-state index in [4.69, 9.17) is 37.4 Å². The van der Waals surface area contributed by atoms with Crippen LogP contribution in [0.3, 0.4) is 0 Å². The molecule has 0 spiro atoms. The summed E-state index contributed by atoms with van der Waals surface area (Å²) in [5.41, 5.74) is 3.94. The van der Waals surface area contributed by atoms with Crippen LogP contribution in [0.5, 0.6) is 17.2 Å². The zero-order valence-corrected chi connectivity index (χ0v) is 19.7. The molecule has 9 heteroatoms. The molecule has 0 fully saturated rings. The van der Waals surface area contributed by atoms with Crippen LogP contribution in [-0.2, 0) is 6.61 Å². The van der Waals surface area contributed by atoms with E-state index in [2.05, 4.69) is 17.1 Å². The van der Waals surface area contributed by atoms with Crippen molar-refractivity contribution < 1.29 is 23.4 Å².